The van der Waals surface area contributed by atoms with Gasteiger partial charge in [-0.2, -0.15) is 0 Å². The van der Waals surface area contributed by atoms with Gasteiger partial charge in [-0.1, -0.05) is 92.7 Å². The number of aryl methyl sites for hydroxylation is 5. The first kappa shape index (κ1) is 25.0. The Balaban J connectivity index is 1.17. The summed E-state index contributed by atoms with van der Waals surface area (Å²) in [7, 11) is 0. The smallest absolute Gasteiger partial charge is 0.126 e. The van der Waals surface area contributed by atoms with Gasteiger partial charge in [0.05, 0.1) is 0 Å². The Morgan fingerprint density at radius 2 is 1.15 bits per heavy atom. The molecule has 0 aliphatic heterocycles. The second kappa shape index (κ2) is 12.5. The first-order valence-corrected chi connectivity index (χ1v) is 13.6. The van der Waals surface area contributed by atoms with Crippen LogP contribution >= 0.6 is 11.6 Å². The van der Waals surface area contributed by atoms with Gasteiger partial charge in [0.15, 0.2) is 0 Å². The summed E-state index contributed by atoms with van der Waals surface area (Å²) in [5.74, 6) is 1.62. The molecule has 0 atom stereocenters. The number of benzene rings is 3. The van der Waals surface area contributed by atoms with Crippen molar-refractivity contribution in [3.63, 3.8) is 0 Å². The van der Waals surface area contributed by atoms with Gasteiger partial charge < -0.3 is 0 Å². The minimum absolute atomic E-state index is 0.0536. The number of halogens is 2. The third-order valence-corrected chi connectivity index (χ3v) is 8.05. The van der Waals surface area contributed by atoms with Crippen molar-refractivity contribution in [2.24, 2.45) is 11.8 Å². The molecule has 180 valence electrons. The topological polar surface area (TPSA) is 0 Å². The van der Waals surface area contributed by atoms with E-state index < -0.39 is 0 Å². The molecule has 34 heavy (non-hydrogen) atoms. The van der Waals surface area contributed by atoms with Gasteiger partial charge in [-0.25, -0.2) is 4.39 Å². The van der Waals surface area contributed by atoms with Gasteiger partial charge in [-0.15, -0.1) is 0 Å². The fourth-order valence-corrected chi connectivity index (χ4v) is 5.50. The maximum absolute atomic E-state index is 14.7. The average Bonchev–Trinajstić information content (AvgIpc) is 2.87. The Bertz CT molecular complexity index is 1010. The lowest BCUT2D eigenvalue weighted by molar-refractivity contribution is 0.253. The highest BCUT2D eigenvalue weighted by atomic mass is 35.5. The molecule has 2 heteroatoms. The highest BCUT2D eigenvalue weighted by Crippen LogP contribution is 2.34. The first-order valence-electron chi connectivity index (χ1n) is 13.2. The van der Waals surface area contributed by atoms with Crippen LogP contribution in [0.1, 0.15) is 73.3 Å². The van der Waals surface area contributed by atoms with Crippen molar-refractivity contribution < 1.29 is 4.39 Å². The largest absolute Gasteiger partial charge is 0.207 e. The van der Waals surface area contributed by atoms with Crippen LogP contribution in [0, 0.1) is 17.7 Å². The molecule has 0 heterocycles. The molecule has 0 aromatic heterocycles. The van der Waals surface area contributed by atoms with Gasteiger partial charge in [0.1, 0.15) is 5.82 Å². The summed E-state index contributed by atoms with van der Waals surface area (Å²) >= 11 is 5.95. The van der Waals surface area contributed by atoms with Gasteiger partial charge in [-0.3, -0.25) is 0 Å². The van der Waals surface area contributed by atoms with E-state index in [4.69, 9.17) is 11.6 Å². The van der Waals surface area contributed by atoms with Gasteiger partial charge in [0.2, 0.25) is 0 Å². The maximum atomic E-state index is 14.7. The molecule has 0 radical (unpaired) electrons. The quantitative estimate of drug-likeness (QED) is 0.273. The van der Waals surface area contributed by atoms with Gasteiger partial charge in [0, 0.05) is 5.02 Å². The number of hydrogen-bond acceptors (Lipinski definition) is 0. The van der Waals surface area contributed by atoms with Crippen molar-refractivity contribution >= 4 is 11.6 Å². The Kier molecular flexibility index (Phi) is 9.22. The molecule has 3 aromatic rings. The number of rotatable bonds is 10. The molecule has 1 aliphatic rings. The van der Waals surface area contributed by atoms with Gasteiger partial charge in [-0.05, 0) is 103 Å². The minimum atomic E-state index is -0.0536. The van der Waals surface area contributed by atoms with Crippen LogP contribution in [0.5, 0.6) is 0 Å². The fourth-order valence-electron chi connectivity index (χ4n) is 5.37. The molecular weight excluding hydrogens is 439 g/mol. The van der Waals surface area contributed by atoms with Crippen LogP contribution in [-0.2, 0) is 32.1 Å². The summed E-state index contributed by atoms with van der Waals surface area (Å²) in [6, 6.07) is 22.9. The van der Waals surface area contributed by atoms with Crippen LogP contribution < -0.4 is 0 Å². The summed E-state index contributed by atoms with van der Waals surface area (Å²) in [6.07, 6.45) is 12.8. The number of hydrogen-bond donors (Lipinski definition) is 0. The van der Waals surface area contributed by atoms with Crippen LogP contribution in [0.2, 0.25) is 5.02 Å². The lowest BCUT2D eigenvalue weighted by atomic mass is 9.77. The molecule has 0 spiro atoms. The standard InChI is InChI=1S/C32H38ClF/c1-2-24-3-5-25(6-4-24)7-8-26-9-11-27(12-10-26)13-14-29-16-20-30(32(34)23-29)19-15-28-17-21-31(33)22-18-28/h3-6,16-18,20-23,26-27H,2,7-15,19H2,1H3/t26-,27-. The van der Waals surface area contributed by atoms with E-state index in [9.17, 15) is 4.39 Å². The van der Waals surface area contributed by atoms with Crippen molar-refractivity contribution in [1.82, 2.24) is 0 Å². The third kappa shape index (κ3) is 7.44. The van der Waals surface area contributed by atoms with Crippen LogP contribution in [-0.4, -0.2) is 0 Å². The molecule has 0 unspecified atom stereocenters. The molecular formula is C32H38ClF. The summed E-state index contributed by atoms with van der Waals surface area (Å²) < 4.78 is 14.7. The van der Waals surface area contributed by atoms with Crippen molar-refractivity contribution in [1.29, 1.82) is 0 Å². The van der Waals surface area contributed by atoms with E-state index >= 15 is 0 Å². The minimum Gasteiger partial charge on any atom is -0.207 e. The van der Waals surface area contributed by atoms with E-state index in [-0.39, 0.29) is 5.82 Å². The lowest BCUT2D eigenvalue weighted by Crippen LogP contribution is -2.16. The van der Waals surface area contributed by atoms with E-state index in [0.717, 1.165) is 53.7 Å². The van der Waals surface area contributed by atoms with Crippen molar-refractivity contribution in [3.8, 4) is 0 Å². The Morgan fingerprint density at radius 3 is 1.74 bits per heavy atom. The van der Waals surface area contributed by atoms with Crippen LogP contribution in [0.25, 0.3) is 0 Å². The van der Waals surface area contributed by atoms with Gasteiger partial charge in [0.25, 0.3) is 0 Å². The second-order valence-electron chi connectivity index (χ2n) is 10.2. The van der Waals surface area contributed by atoms with Crippen LogP contribution in [0.4, 0.5) is 4.39 Å². The Labute approximate surface area is 210 Å². The second-order valence-corrected chi connectivity index (χ2v) is 10.6. The highest BCUT2D eigenvalue weighted by molar-refractivity contribution is 6.30. The summed E-state index contributed by atoms with van der Waals surface area (Å²) in [5, 5.41) is 0.741. The molecule has 0 nitrogen and oxygen atoms in total. The monoisotopic (exact) mass is 476 g/mol. The molecule has 1 saturated carbocycles. The highest BCUT2D eigenvalue weighted by Gasteiger charge is 2.21. The van der Waals surface area contributed by atoms with Crippen molar-refractivity contribution in [2.45, 2.75) is 77.6 Å². The van der Waals surface area contributed by atoms with Crippen molar-refractivity contribution in [2.75, 3.05) is 0 Å². The zero-order chi connectivity index (χ0) is 23.8. The average molecular weight is 477 g/mol. The van der Waals surface area contributed by atoms with Gasteiger partial charge >= 0.3 is 0 Å². The molecule has 0 saturated heterocycles. The summed E-state index contributed by atoms with van der Waals surface area (Å²) in [4.78, 5) is 0. The predicted octanol–water partition coefficient (Wildman–Crippen LogP) is 9.20. The maximum Gasteiger partial charge on any atom is 0.126 e. The van der Waals surface area contributed by atoms with E-state index in [1.165, 1.54) is 61.6 Å². The van der Waals surface area contributed by atoms with E-state index in [0.29, 0.717) is 0 Å². The molecule has 4 rings (SSSR count). The van der Waals surface area contributed by atoms with Crippen LogP contribution in [0.15, 0.2) is 66.7 Å². The fraction of sp³-hybridized carbons (Fsp3) is 0.438. The molecule has 0 bridgehead atoms. The predicted molar refractivity (Wildman–Crippen MR) is 143 cm³/mol. The molecule has 1 fully saturated rings. The molecule has 3 aromatic carbocycles. The summed E-state index contributed by atoms with van der Waals surface area (Å²) in [5.41, 5.74) is 6.06. The SMILES string of the molecule is CCc1ccc(CC[C@H]2CC[C@H](CCc3ccc(CCc4ccc(Cl)cc4)c(F)c3)CC2)cc1. The molecule has 1 aliphatic carbocycles. The molecule has 0 amide bonds. The van der Waals surface area contributed by atoms with E-state index in [2.05, 4.69) is 37.3 Å². The normalized spacial score (nSPS) is 18.2. The molecule has 0 N–H and O–H groups in total. The zero-order valence-corrected chi connectivity index (χ0v) is 21.3. The Morgan fingerprint density at radius 1 is 0.647 bits per heavy atom. The van der Waals surface area contributed by atoms with E-state index in [1.54, 1.807) is 6.07 Å². The first-order chi connectivity index (χ1) is 16.6. The Hall–Kier alpha value is -2.12. The van der Waals surface area contributed by atoms with E-state index in [1.807, 2.05) is 30.3 Å². The van der Waals surface area contributed by atoms with Crippen molar-refractivity contribution in [3.05, 3.63) is 105 Å². The van der Waals surface area contributed by atoms with Crippen LogP contribution in [0.3, 0.4) is 0 Å². The zero-order valence-electron chi connectivity index (χ0n) is 20.5. The third-order valence-electron chi connectivity index (χ3n) is 7.79. The summed E-state index contributed by atoms with van der Waals surface area (Å²) in [6.45, 7) is 2.21. The lowest BCUT2D eigenvalue weighted by Gasteiger charge is -2.28.